The molecule has 1 heterocycles. The SMILES string of the molecule is COc1cc(OC(C)NS(=O)C(F)(F)F)c2c3c(C(N)=O)cccc3n(Cc3ccccc3)c2c1. The number of fused-ring (bicyclic) bond motifs is 3. The second kappa shape index (κ2) is 9.59. The molecule has 3 aromatic carbocycles. The number of ether oxygens (including phenoxy) is 2. The monoisotopic (exact) mass is 505 g/mol. The second-order valence-electron chi connectivity index (χ2n) is 7.75. The number of amides is 1. The van der Waals surface area contributed by atoms with Crippen LogP contribution in [0, 0.1) is 0 Å². The summed E-state index contributed by atoms with van der Waals surface area (Å²) in [7, 11) is -1.88. The van der Waals surface area contributed by atoms with E-state index >= 15 is 0 Å². The first kappa shape index (κ1) is 24.6. The molecule has 0 radical (unpaired) electrons. The van der Waals surface area contributed by atoms with E-state index < -0.39 is 28.6 Å². The number of carbonyl (C=O) groups is 1. The lowest BCUT2D eigenvalue weighted by atomic mass is 10.0. The zero-order chi connectivity index (χ0) is 25.3. The van der Waals surface area contributed by atoms with Gasteiger partial charge in [-0.1, -0.05) is 36.4 Å². The van der Waals surface area contributed by atoms with Gasteiger partial charge in [0, 0.05) is 29.6 Å². The number of carbonyl (C=O) groups excluding carboxylic acids is 1. The summed E-state index contributed by atoms with van der Waals surface area (Å²) in [6, 6.07) is 18.0. The molecule has 0 spiro atoms. The number of halogens is 3. The third-order valence-corrected chi connectivity index (χ3v) is 6.37. The van der Waals surface area contributed by atoms with E-state index in [0.717, 1.165) is 5.56 Å². The van der Waals surface area contributed by atoms with Gasteiger partial charge < -0.3 is 19.8 Å². The highest BCUT2D eigenvalue weighted by molar-refractivity contribution is 7.83. The molecule has 11 heteroatoms. The van der Waals surface area contributed by atoms with E-state index in [9.17, 15) is 22.2 Å². The third kappa shape index (κ3) is 4.96. The Balaban J connectivity index is 1.95. The van der Waals surface area contributed by atoms with Gasteiger partial charge in [-0.05, 0) is 24.6 Å². The molecule has 0 fully saturated rings. The largest absolute Gasteiger partial charge is 0.497 e. The lowest BCUT2D eigenvalue weighted by Gasteiger charge is -2.18. The number of hydrogen-bond acceptors (Lipinski definition) is 4. The summed E-state index contributed by atoms with van der Waals surface area (Å²) in [5, 5.41) is 0.963. The number of nitrogens with two attached hydrogens (primary N) is 1. The van der Waals surface area contributed by atoms with Crippen molar-refractivity contribution in [2.24, 2.45) is 5.73 Å². The van der Waals surface area contributed by atoms with Gasteiger partial charge in [0.05, 0.1) is 23.5 Å². The summed E-state index contributed by atoms with van der Waals surface area (Å²) in [5.74, 6) is -0.140. The molecule has 1 amide bonds. The number of hydrogen-bond donors (Lipinski definition) is 2. The van der Waals surface area contributed by atoms with Crippen molar-refractivity contribution in [2.75, 3.05) is 7.11 Å². The summed E-state index contributed by atoms with van der Waals surface area (Å²) in [5.41, 5.74) is 3.22. The van der Waals surface area contributed by atoms with E-state index in [1.165, 1.54) is 20.1 Å². The highest BCUT2D eigenvalue weighted by Crippen LogP contribution is 2.41. The van der Waals surface area contributed by atoms with E-state index in [1.54, 1.807) is 18.2 Å². The number of nitrogens with one attached hydrogen (secondary N) is 1. The maximum atomic E-state index is 12.8. The van der Waals surface area contributed by atoms with E-state index in [0.29, 0.717) is 34.1 Å². The van der Waals surface area contributed by atoms with Crippen molar-refractivity contribution in [3.05, 3.63) is 71.8 Å². The summed E-state index contributed by atoms with van der Waals surface area (Å²) >= 11 is 0. The normalized spacial score (nSPS) is 13.6. The van der Waals surface area contributed by atoms with E-state index in [-0.39, 0.29) is 11.3 Å². The molecule has 2 unspecified atom stereocenters. The Bertz CT molecular complexity index is 1420. The van der Waals surface area contributed by atoms with Crippen LogP contribution in [-0.2, 0) is 17.5 Å². The molecule has 2 atom stereocenters. The third-order valence-electron chi connectivity index (χ3n) is 5.40. The Morgan fingerprint density at radius 1 is 1.09 bits per heavy atom. The van der Waals surface area contributed by atoms with Gasteiger partial charge in [0.1, 0.15) is 11.5 Å². The maximum Gasteiger partial charge on any atom is 0.485 e. The average Bonchev–Trinajstić information content (AvgIpc) is 3.12. The Hall–Kier alpha value is -3.57. The van der Waals surface area contributed by atoms with E-state index in [1.807, 2.05) is 45.7 Å². The molecule has 35 heavy (non-hydrogen) atoms. The van der Waals surface area contributed by atoms with Gasteiger partial charge in [-0.15, -0.1) is 0 Å². The smallest absolute Gasteiger partial charge is 0.485 e. The van der Waals surface area contributed by atoms with Gasteiger partial charge in [-0.2, -0.15) is 17.9 Å². The number of rotatable bonds is 8. The van der Waals surface area contributed by atoms with Crippen LogP contribution in [0.5, 0.6) is 11.5 Å². The predicted octanol–water partition coefficient (Wildman–Crippen LogP) is 4.45. The quantitative estimate of drug-likeness (QED) is 0.346. The van der Waals surface area contributed by atoms with Gasteiger partial charge in [-0.25, -0.2) is 4.21 Å². The average molecular weight is 506 g/mol. The first-order chi connectivity index (χ1) is 16.6. The van der Waals surface area contributed by atoms with Crippen LogP contribution in [0.25, 0.3) is 21.8 Å². The van der Waals surface area contributed by atoms with Crippen LogP contribution >= 0.6 is 0 Å². The predicted molar refractivity (Wildman–Crippen MR) is 127 cm³/mol. The number of alkyl halides is 3. The zero-order valence-electron chi connectivity index (χ0n) is 18.8. The lowest BCUT2D eigenvalue weighted by Crippen LogP contribution is -2.39. The molecule has 0 aliphatic carbocycles. The van der Waals surface area contributed by atoms with Crippen LogP contribution in [0.3, 0.4) is 0 Å². The van der Waals surface area contributed by atoms with Crippen molar-refractivity contribution in [3.63, 3.8) is 0 Å². The molecule has 184 valence electrons. The van der Waals surface area contributed by atoms with Crippen LogP contribution < -0.4 is 19.9 Å². The molecular formula is C24H22F3N3O4S. The van der Waals surface area contributed by atoms with Crippen molar-refractivity contribution in [3.8, 4) is 11.5 Å². The molecule has 4 rings (SSSR count). The molecule has 0 saturated carbocycles. The fourth-order valence-electron chi connectivity index (χ4n) is 3.98. The summed E-state index contributed by atoms with van der Waals surface area (Å²) in [4.78, 5) is 12.3. The highest BCUT2D eigenvalue weighted by Gasteiger charge is 2.38. The minimum absolute atomic E-state index is 0.143. The summed E-state index contributed by atoms with van der Waals surface area (Å²) < 4.78 is 64.9. The first-order valence-corrected chi connectivity index (χ1v) is 11.6. The molecule has 0 bridgehead atoms. The van der Waals surface area contributed by atoms with Gasteiger partial charge in [0.25, 0.3) is 0 Å². The highest BCUT2D eigenvalue weighted by atomic mass is 32.2. The number of methoxy groups -OCH3 is 1. The van der Waals surface area contributed by atoms with Crippen LogP contribution in [0.15, 0.2) is 60.7 Å². The van der Waals surface area contributed by atoms with Crippen LogP contribution in [-0.4, -0.2) is 33.5 Å². The molecule has 0 aliphatic rings. The van der Waals surface area contributed by atoms with Crippen LogP contribution in [0.2, 0.25) is 0 Å². The van der Waals surface area contributed by atoms with Crippen molar-refractivity contribution < 1.29 is 31.6 Å². The standard InChI is InChI=1S/C24H22F3N3O4S/c1-14(29-35(32)24(25,26)27)34-20-12-16(33-2)11-19-22(20)21-17(23(28)31)9-6-10-18(21)30(19)13-15-7-4-3-5-8-15/h3-12,14,29H,13H2,1-2H3,(H2,28,31). The van der Waals surface area contributed by atoms with Crippen LogP contribution in [0.4, 0.5) is 13.2 Å². The minimum Gasteiger partial charge on any atom is -0.497 e. The fourth-order valence-corrected chi connectivity index (χ4v) is 4.47. The number of nitrogens with zero attached hydrogens (tertiary/aromatic N) is 1. The maximum absolute atomic E-state index is 12.8. The molecule has 3 N–H and O–H groups in total. The topological polar surface area (TPSA) is 95.6 Å². The minimum atomic E-state index is -4.95. The number of aromatic nitrogens is 1. The van der Waals surface area contributed by atoms with Crippen molar-refractivity contribution >= 4 is 38.7 Å². The van der Waals surface area contributed by atoms with E-state index in [4.69, 9.17) is 15.2 Å². The number of benzene rings is 3. The molecular weight excluding hydrogens is 483 g/mol. The molecule has 0 aliphatic heterocycles. The van der Waals surface area contributed by atoms with Gasteiger partial charge in [0.2, 0.25) is 16.9 Å². The Kier molecular flexibility index (Phi) is 6.73. The molecule has 7 nitrogen and oxygen atoms in total. The van der Waals surface area contributed by atoms with Crippen molar-refractivity contribution in [2.45, 2.75) is 25.2 Å². The summed E-state index contributed by atoms with van der Waals surface area (Å²) in [6.45, 7) is 1.73. The first-order valence-electron chi connectivity index (χ1n) is 10.5. The second-order valence-corrected chi connectivity index (χ2v) is 8.98. The lowest BCUT2D eigenvalue weighted by molar-refractivity contribution is -0.0405. The van der Waals surface area contributed by atoms with Gasteiger partial charge >= 0.3 is 5.51 Å². The van der Waals surface area contributed by atoms with Gasteiger partial charge in [-0.3, -0.25) is 4.79 Å². The zero-order valence-corrected chi connectivity index (χ0v) is 19.6. The van der Waals surface area contributed by atoms with Crippen LogP contribution in [0.1, 0.15) is 22.8 Å². The fraction of sp³-hybridized carbons (Fsp3) is 0.208. The van der Waals surface area contributed by atoms with Crippen molar-refractivity contribution in [1.29, 1.82) is 0 Å². The number of primary amides is 1. The Morgan fingerprint density at radius 3 is 2.43 bits per heavy atom. The Morgan fingerprint density at radius 2 is 1.80 bits per heavy atom. The molecule has 4 aromatic rings. The Labute approximate surface area is 201 Å². The van der Waals surface area contributed by atoms with Gasteiger partial charge in [0.15, 0.2) is 6.23 Å². The van der Waals surface area contributed by atoms with E-state index in [2.05, 4.69) is 0 Å². The van der Waals surface area contributed by atoms with Crippen molar-refractivity contribution in [1.82, 2.24) is 9.29 Å². The summed E-state index contributed by atoms with van der Waals surface area (Å²) in [6.07, 6.45) is -1.29. The molecule has 1 aromatic heterocycles. The molecule has 0 saturated heterocycles.